The summed E-state index contributed by atoms with van der Waals surface area (Å²) in [5.41, 5.74) is 4.69. The van der Waals surface area contributed by atoms with E-state index in [9.17, 15) is 13.9 Å². The average Bonchev–Trinajstić information content (AvgIpc) is 3.36. The van der Waals surface area contributed by atoms with Gasteiger partial charge in [-0.15, -0.1) is 4.91 Å². The third kappa shape index (κ3) is 4.22. The molecule has 1 aliphatic rings. The second-order valence-electron chi connectivity index (χ2n) is 5.97. The van der Waals surface area contributed by atoms with Gasteiger partial charge in [-0.05, 0) is 12.1 Å². The highest BCUT2D eigenvalue weighted by molar-refractivity contribution is 7.83. The maximum atomic E-state index is 11.7. The molecule has 0 amide bonds. The van der Waals surface area contributed by atoms with Gasteiger partial charge in [0.05, 0.1) is 0 Å². The van der Waals surface area contributed by atoms with Gasteiger partial charge in [0.25, 0.3) is 0 Å². The Hall–Kier alpha value is -2.84. The molecule has 0 saturated carbocycles. The first-order valence-corrected chi connectivity index (χ1v) is 9.23. The van der Waals surface area contributed by atoms with Crippen LogP contribution in [0, 0.1) is 4.91 Å². The molecule has 0 radical (unpaired) electrons. The maximum absolute atomic E-state index is 11.7. The molecule has 2 atom stereocenters. The van der Waals surface area contributed by atoms with Crippen molar-refractivity contribution in [1.29, 1.82) is 0 Å². The van der Waals surface area contributed by atoms with E-state index in [4.69, 9.17) is 4.84 Å². The van der Waals surface area contributed by atoms with Crippen molar-refractivity contribution >= 4 is 17.3 Å². The van der Waals surface area contributed by atoms with Crippen LogP contribution in [0.1, 0.15) is 5.56 Å². The van der Waals surface area contributed by atoms with Crippen LogP contribution in [0.25, 0.3) is 0 Å². The van der Waals surface area contributed by atoms with Gasteiger partial charge < -0.3 is 4.84 Å². The van der Waals surface area contributed by atoms with Crippen LogP contribution < -0.4 is 10.3 Å². The van der Waals surface area contributed by atoms with E-state index in [1.165, 1.54) is 0 Å². The molecule has 2 aromatic carbocycles. The number of carbonyl (C=O) groups is 1. The second kappa shape index (κ2) is 8.03. The van der Waals surface area contributed by atoms with Gasteiger partial charge in [0.2, 0.25) is 11.0 Å². The Morgan fingerprint density at radius 2 is 1.81 bits per heavy atom. The summed E-state index contributed by atoms with van der Waals surface area (Å²) in [7, 11) is -1.86. The fraction of sp³-hybridized carbons (Fsp3) is 0.167. The van der Waals surface area contributed by atoms with Crippen LogP contribution in [-0.4, -0.2) is 27.4 Å². The number of nitroso groups, excluding NO2 is 1. The highest BCUT2D eigenvalue weighted by atomic mass is 32.2. The number of allylic oxidation sites excluding steroid dienone is 1. The topological polar surface area (TPSA) is 84.8 Å². The lowest BCUT2D eigenvalue weighted by Gasteiger charge is -2.16. The molecule has 1 saturated heterocycles. The minimum absolute atomic E-state index is 0.0259. The number of benzene rings is 2. The molecule has 134 valence electrons. The van der Waals surface area contributed by atoms with Gasteiger partial charge in [-0.1, -0.05) is 48.5 Å². The van der Waals surface area contributed by atoms with Gasteiger partial charge >= 0.3 is 0 Å². The van der Waals surface area contributed by atoms with Crippen LogP contribution in [-0.2, 0) is 22.3 Å². The number of nitrogens with one attached hydrogen (secondary N) is 1. The van der Waals surface area contributed by atoms with E-state index < -0.39 is 11.0 Å². The minimum Gasteiger partial charge on any atom is -0.382 e. The highest BCUT2D eigenvalue weighted by Crippen LogP contribution is 2.40. The molecule has 2 aromatic rings. The van der Waals surface area contributed by atoms with Crippen molar-refractivity contribution in [3.8, 4) is 5.75 Å². The van der Waals surface area contributed by atoms with Gasteiger partial charge in [0.1, 0.15) is 6.54 Å². The van der Waals surface area contributed by atoms with Gasteiger partial charge in [0, 0.05) is 10.1 Å². The third-order valence-corrected chi connectivity index (χ3v) is 5.02. The minimum atomic E-state index is -1.86. The van der Waals surface area contributed by atoms with Crippen LogP contribution in [0.4, 0.5) is 0 Å². The molecule has 0 spiro atoms. The number of para-hydroxylation sites is 1. The molecule has 0 bridgehead atoms. The Morgan fingerprint density at radius 1 is 1.15 bits per heavy atom. The first-order valence-electron chi connectivity index (χ1n) is 7.95. The number of aldehydes is 1. The molecule has 0 aromatic heterocycles. The summed E-state index contributed by atoms with van der Waals surface area (Å²) in [6.45, 7) is 1.01. The summed E-state index contributed by atoms with van der Waals surface area (Å²) in [4.78, 5) is 27.6. The molecular weight excluding hydrogens is 354 g/mol. The summed E-state index contributed by atoms with van der Waals surface area (Å²) in [5, 5.41) is 0. The number of nitrogens with zero attached hydrogens (tertiary/aromatic N) is 2. The van der Waals surface area contributed by atoms with Gasteiger partial charge in [0.15, 0.2) is 35.9 Å². The van der Waals surface area contributed by atoms with Gasteiger partial charge in [-0.3, -0.25) is 9.28 Å². The molecule has 26 heavy (non-hydrogen) atoms. The predicted molar refractivity (Wildman–Crippen MR) is 97.4 cm³/mol. The number of hydrogen-bond donors (Lipinski definition) is 1. The SMILES string of the molecule is O=C/C(NOc1ccccc1)=C1\C[N+]1(Cc1ccccc1)CS(=O)N=O. The average molecular weight is 372 g/mol. The van der Waals surface area contributed by atoms with Crippen LogP contribution in [0.3, 0.4) is 0 Å². The van der Waals surface area contributed by atoms with Crippen molar-refractivity contribution in [2.24, 2.45) is 4.58 Å². The van der Waals surface area contributed by atoms with E-state index in [0.29, 0.717) is 25.1 Å². The van der Waals surface area contributed by atoms with Gasteiger partial charge in [-0.2, -0.15) is 0 Å². The second-order valence-corrected chi connectivity index (χ2v) is 7.02. The maximum Gasteiger partial charge on any atom is 0.236 e. The van der Waals surface area contributed by atoms with Crippen molar-refractivity contribution in [3.63, 3.8) is 0 Å². The van der Waals surface area contributed by atoms with Crippen molar-refractivity contribution in [1.82, 2.24) is 5.48 Å². The Kier molecular flexibility index (Phi) is 5.55. The number of hydrogen-bond acceptors (Lipinski definition) is 5. The smallest absolute Gasteiger partial charge is 0.236 e. The third-order valence-electron chi connectivity index (χ3n) is 4.14. The van der Waals surface area contributed by atoms with E-state index in [1.807, 2.05) is 48.5 Å². The zero-order chi connectivity index (χ0) is 18.4. The summed E-state index contributed by atoms with van der Waals surface area (Å²) >= 11 is 0. The Balaban J connectivity index is 1.81. The lowest BCUT2D eigenvalue weighted by Crippen LogP contribution is -2.30. The molecule has 1 aliphatic heterocycles. The lowest BCUT2D eigenvalue weighted by atomic mass is 10.2. The van der Waals surface area contributed by atoms with E-state index in [1.54, 1.807) is 12.1 Å². The fourth-order valence-electron chi connectivity index (χ4n) is 2.83. The van der Waals surface area contributed by atoms with Crippen LogP contribution in [0.5, 0.6) is 5.75 Å². The molecule has 8 heteroatoms. The Labute approximate surface area is 153 Å². The standard InChI is InChI=1S/C18H18N3O4S/c22-13-17(19-25-16-9-5-2-6-10-16)18-12-21(18,14-26(24)20-23)11-15-7-3-1-4-8-15/h1-10,13,19H,11-12,14H2/q+1/b18-17-. The molecule has 0 aliphatic carbocycles. The molecule has 3 rings (SSSR count). The molecule has 1 heterocycles. The van der Waals surface area contributed by atoms with E-state index in [2.05, 4.69) is 10.1 Å². The molecule has 1 N–H and O–H groups in total. The quantitative estimate of drug-likeness (QED) is 0.182. The monoisotopic (exact) mass is 372 g/mol. The summed E-state index contributed by atoms with van der Waals surface area (Å²) in [6, 6.07) is 18.6. The van der Waals surface area contributed by atoms with Crippen LogP contribution in [0.15, 0.2) is 76.6 Å². The van der Waals surface area contributed by atoms with Crippen molar-refractivity contribution in [3.05, 3.63) is 82.5 Å². The number of rotatable bonds is 9. The Bertz CT molecular complexity index is 842. The first-order chi connectivity index (χ1) is 12.7. The zero-order valence-electron chi connectivity index (χ0n) is 13.9. The number of hydroxylamine groups is 1. The van der Waals surface area contributed by atoms with E-state index in [-0.39, 0.29) is 16.1 Å². The van der Waals surface area contributed by atoms with Gasteiger partial charge in [-0.25, -0.2) is 9.69 Å². The van der Waals surface area contributed by atoms with Crippen molar-refractivity contribution in [2.75, 3.05) is 12.4 Å². The van der Waals surface area contributed by atoms with Crippen LogP contribution in [0.2, 0.25) is 0 Å². The molecule has 7 nitrogen and oxygen atoms in total. The zero-order valence-corrected chi connectivity index (χ0v) is 14.7. The predicted octanol–water partition coefficient (Wildman–Crippen LogP) is 2.40. The molecular formula is C18H18N3O4S+. The summed E-state index contributed by atoms with van der Waals surface area (Å²) in [5.74, 6) is 0.588. The molecule has 2 unspecified atom stereocenters. The van der Waals surface area contributed by atoms with E-state index in [0.717, 1.165) is 11.3 Å². The summed E-state index contributed by atoms with van der Waals surface area (Å²) in [6.07, 6.45) is 0.667. The largest absolute Gasteiger partial charge is 0.382 e. The normalized spacial score (nSPS) is 21.4. The lowest BCUT2D eigenvalue weighted by molar-refractivity contribution is -0.780. The highest BCUT2D eigenvalue weighted by Gasteiger charge is 2.54. The number of carbonyl (C=O) groups excluding carboxylic acids is 1. The van der Waals surface area contributed by atoms with Crippen molar-refractivity contribution < 1.29 is 18.3 Å². The fourth-order valence-corrected chi connectivity index (χ4v) is 3.64. The summed E-state index contributed by atoms with van der Waals surface area (Å²) < 4.78 is 14.6. The van der Waals surface area contributed by atoms with Crippen molar-refractivity contribution in [2.45, 2.75) is 6.54 Å². The number of quaternary nitrogens is 1. The van der Waals surface area contributed by atoms with E-state index >= 15 is 0 Å². The molecule has 1 fully saturated rings. The Morgan fingerprint density at radius 3 is 2.42 bits per heavy atom. The first kappa shape index (κ1) is 18.0. The van der Waals surface area contributed by atoms with Crippen LogP contribution >= 0.6 is 0 Å².